The highest BCUT2D eigenvalue weighted by molar-refractivity contribution is 7.80. The molecular formula is C5H10OS. The third-order valence-corrected chi connectivity index (χ3v) is 0.765. The Hall–Kier alpha value is 0.0200. The van der Waals surface area contributed by atoms with Crippen molar-refractivity contribution in [3.63, 3.8) is 0 Å². The zero-order chi connectivity index (χ0) is 5.86. The van der Waals surface area contributed by atoms with E-state index < -0.39 is 0 Å². The van der Waals surface area contributed by atoms with Crippen molar-refractivity contribution < 1.29 is 4.79 Å². The van der Waals surface area contributed by atoms with E-state index in [9.17, 15) is 4.79 Å². The zero-order valence-corrected chi connectivity index (χ0v) is 5.53. The van der Waals surface area contributed by atoms with Crippen LogP contribution in [0.15, 0.2) is 0 Å². The van der Waals surface area contributed by atoms with Crippen molar-refractivity contribution in [3.05, 3.63) is 0 Å². The fourth-order valence-corrected chi connectivity index (χ4v) is 0.673. The number of hydrogen-bond acceptors (Lipinski definition) is 2. The average molecular weight is 118 g/mol. The molecule has 0 radical (unpaired) electrons. The van der Waals surface area contributed by atoms with Crippen LogP contribution in [0.1, 0.15) is 20.3 Å². The minimum Gasteiger partial charge on any atom is -0.300 e. The van der Waals surface area contributed by atoms with Gasteiger partial charge in [-0.2, -0.15) is 12.6 Å². The first kappa shape index (κ1) is 7.02. The molecule has 0 aromatic heterocycles. The third kappa shape index (κ3) is 6.02. The van der Waals surface area contributed by atoms with Crippen molar-refractivity contribution in [1.29, 1.82) is 0 Å². The standard InChI is InChI=1S/C5H10OS/c1-4(6)3-5(2)7/h5,7H,3H2,1-2H3/t5-/m1/s1. The molecule has 0 aromatic carbocycles. The smallest absolute Gasteiger partial charge is 0.130 e. The highest BCUT2D eigenvalue weighted by atomic mass is 32.1. The summed E-state index contributed by atoms with van der Waals surface area (Å²) in [5, 5.41) is 0.220. The van der Waals surface area contributed by atoms with Gasteiger partial charge < -0.3 is 0 Å². The highest BCUT2D eigenvalue weighted by Gasteiger charge is 1.96. The van der Waals surface area contributed by atoms with E-state index in [1.54, 1.807) is 6.92 Å². The van der Waals surface area contributed by atoms with Gasteiger partial charge in [-0.25, -0.2) is 0 Å². The molecule has 0 aliphatic carbocycles. The van der Waals surface area contributed by atoms with E-state index in [-0.39, 0.29) is 11.0 Å². The lowest BCUT2D eigenvalue weighted by molar-refractivity contribution is -0.116. The topological polar surface area (TPSA) is 17.1 Å². The van der Waals surface area contributed by atoms with Crippen LogP contribution in [0.25, 0.3) is 0 Å². The Bertz CT molecular complexity index is 68.5. The number of Topliss-reactive ketones (excluding diaryl/α,β-unsaturated/α-hetero) is 1. The van der Waals surface area contributed by atoms with Gasteiger partial charge in [0.15, 0.2) is 0 Å². The summed E-state index contributed by atoms with van der Waals surface area (Å²) >= 11 is 4.02. The molecule has 0 aliphatic heterocycles. The molecule has 0 spiro atoms. The molecule has 0 unspecified atom stereocenters. The average Bonchev–Trinajstić information content (AvgIpc) is 1.27. The normalized spacial score (nSPS) is 13.6. The summed E-state index contributed by atoms with van der Waals surface area (Å²) in [6.07, 6.45) is 0.586. The van der Waals surface area contributed by atoms with E-state index in [0.717, 1.165) is 0 Å². The molecule has 0 rings (SSSR count). The van der Waals surface area contributed by atoms with Gasteiger partial charge in [0.05, 0.1) is 0 Å². The van der Waals surface area contributed by atoms with Gasteiger partial charge in [0.1, 0.15) is 5.78 Å². The summed E-state index contributed by atoms with van der Waals surface area (Å²) in [7, 11) is 0. The van der Waals surface area contributed by atoms with E-state index in [0.29, 0.717) is 6.42 Å². The van der Waals surface area contributed by atoms with E-state index in [4.69, 9.17) is 0 Å². The molecule has 0 aliphatic rings. The Morgan fingerprint density at radius 3 is 2.29 bits per heavy atom. The van der Waals surface area contributed by atoms with Gasteiger partial charge in [-0.15, -0.1) is 0 Å². The summed E-state index contributed by atoms with van der Waals surface area (Å²) in [6, 6.07) is 0. The van der Waals surface area contributed by atoms with E-state index >= 15 is 0 Å². The lowest BCUT2D eigenvalue weighted by Crippen LogP contribution is -1.98. The van der Waals surface area contributed by atoms with Crippen molar-refractivity contribution in [3.8, 4) is 0 Å². The molecule has 1 nitrogen and oxygen atoms in total. The van der Waals surface area contributed by atoms with E-state index in [1.165, 1.54) is 0 Å². The van der Waals surface area contributed by atoms with Crippen LogP contribution in [0.3, 0.4) is 0 Å². The number of ketones is 1. The van der Waals surface area contributed by atoms with Crippen LogP contribution in [-0.4, -0.2) is 11.0 Å². The van der Waals surface area contributed by atoms with Crippen LogP contribution in [0.5, 0.6) is 0 Å². The number of carbonyl (C=O) groups excluding carboxylic acids is 1. The van der Waals surface area contributed by atoms with Crippen molar-refractivity contribution in [2.45, 2.75) is 25.5 Å². The monoisotopic (exact) mass is 118 g/mol. The fraction of sp³-hybridized carbons (Fsp3) is 0.800. The fourth-order valence-electron chi connectivity index (χ4n) is 0.416. The molecule has 0 fully saturated rings. The minimum atomic E-state index is 0.211. The van der Waals surface area contributed by atoms with Gasteiger partial charge in [0.2, 0.25) is 0 Å². The summed E-state index contributed by atoms with van der Waals surface area (Å²) in [5.74, 6) is 0.211. The van der Waals surface area contributed by atoms with Crippen LogP contribution >= 0.6 is 12.6 Å². The Kier molecular flexibility index (Phi) is 3.09. The predicted molar refractivity (Wildman–Crippen MR) is 33.7 cm³/mol. The number of rotatable bonds is 2. The summed E-state index contributed by atoms with van der Waals surface area (Å²) in [5.41, 5.74) is 0. The lowest BCUT2D eigenvalue weighted by Gasteiger charge is -1.94. The Morgan fingerprint density at radius 2 is 2.29 bits per heavy atom. The molecule has 0 amide bonds. The second-order valence-electron chi connectivity index (χ2n) is 1.76. The summed E-state index contributed by atoms with van der Waals surface area (Å²) in [4.78, 5) is 10.2. The van der Waals surface area contributed by atoms with Gasteiger partial charge in [0.25, 0.3) is 0 Å². The lowest BCUT2D eigenvalue weighted by atomic mass is 10.2. The molecule has 0 aromatic rings. The second-order valence-corrected chi connectivity index (χ2v) is 2.64. The van der Waals surface area contributed by atoms with Gasteiger partial charge >= 0.3 is 0 Å². The quantitative estimate of drug-likeness (QED) is 0.540. The van der Waals surface area contributed by atoms with E-state index in [1.807, 2.05) is 6.92 Å². The van der Waals surface area contributed by atoms with Gasteiger partial charge in [0, 0.05) is 11.7 Å². The van der Waals surface area contributed by atoms with Crippen LogP contribution in [0.4, 0.5) is 0 Å². The first-order valence-electron chi connectivity index (χ1n) is 2.30. The Balaban J connectivity index is 3.13. The molecule has 0 N–H and O–H groups in total. The Labute approximate surface area is 49.5 Å². The van der Waals surface area contributed by atoms with Gasteiger partial charge in [-0.05, 0) is 6.92 Å². The molecule has 0 bridgehead atoms. The second kappa shape index (κ2) is 3.08. The maximum atomic E-state index is 10.2. The number of thiol groups is 1. The van der Waals surface area contributed by atoms with Gasteiger partial charge in [-0.3, -0.25) is 4.79 Å². The van der Waals surface area contributed by atoms with Crippen LogP contribution < -0.4 is 0 Å². The zero-order valence-electron chi connectivity index (χ0n) is 4.64. The van der Waals surface area contributed by atoms with Crippen molar-refractivity contribution in [2.75, 3.05) is 0 Å². The highest BCUT2D eigenvalue weighted by Crippen LogP contribution is 1.97. The molecule has 42 valence electrons. The van der Waals surface area contributed by atoms with Crippen molar-refractivity contribution in [2.24, 2.45) is 0 Å². The van der Waals surface area contributed by atoms with Crippen LogP contribution in [0.2, 0.25) is 0 Å². The predicted octanol–water partition coefficient (Wildman–Crippen LogP) is 1.28. The molecule has 1 atom stereocenters. The molecule has 0 saturated heterocycles. The molecule has 0 heterocycles. The Morgan fingerprint density at radius 1 is 1.86 bits per heavy atom. The SMILES string of the molecule is CC(=O)C[C@@H](C)S. The molecule has 7 heavy (non-hydrogen) atoms. The molecular weight excluding hydrogens is 108 g/mol. The van der Waals surface area contributed by atoms with E-state index in [2.05, 4.69) is 12.6 Å². The van der Waals surface area contributed by atoms with Crippen molar-refractivity contribution >= 4 is 18.4 Å². The minimum absolute atomic E-state index is 0.211. The van der Waals surface area contributed by atoms with Gasteiger partial charge in [-0.1, -0.05) is 6.92 Å². The van der Waals surface area contributed by atoms with Crippen molar-refractivity contribution in [1.82, 2.24) is 0 Å². The van der Waals surface area contributed by atoms with Crippen LogP contribution in [-0.2, 0) is 4.79 Å². The summed E-state index contributed by atoms with van der Waals surface area (Å²) < 4.78 is 0. The largest absolute Gasteiger partial charge is 0.300 e. The molecule has 0 saturated carbocycles. The van der Waals surface area contributed by atoms with Crippen LogP contribution in [0, 0.1) is 0 Å². The number of carbonyl (C=O) groups is 1. The first-order valence-corrected chi connectivity index (χ1v) is 2.82. The maximum Gasteiger partial charge on any atom is 0.130 e. The third-order valence-electron chi connectivity index (χ3n) is 0.583. The number of hydrogen-bond donors (Lipinski definition) is 1. The molecule has 2 heteroatoms. The summed E-state index contributed by atoms with van der Waals surface area (Å²) in [6.45, 7) is 3.48. The first-order chi connectivity index (χ1) is 3.13. The maximum absolute atomic E-state index is 10.2.